The molecule has 0 radical (unpaired) electrons. The molecule has 1 heterocycles. The van der Waals surface area contributed by atoms with Crippen LogP contribution in [0, 0.1) is 0 Å². The van der Waals surface area contributed by atoms with Gasteiger partial charge in [-0.2, -0.15) is 0 Å². The van der Waals surface area contributed by atoms with Crippen LogP contribution in [0.4, 0.5) is 10.7 Å². The first-order valence-corrected chi connectivity index (χ1v) is 7.72. The van der Waals surface area contributed by atoms with Crippen LogP contribution >= 0.6 is 23.1 Å². The zero-order valence-corrected chi connectivity index (χ0v) is 11.6. The summed E-state index contributed by atoms with van der Waals surface area (Å²) in [6.45, 7) is 2.86. The fourth-order valence-electron chi connectivity index (χ4n) is 1.56. The van der Waals surface area contributed by atoms with Crippen molar-refractivity contribution in [3.8, 4) is 0 Å². The number of anilines is 2. The van der Waals surface area contributed by atoms with Gasteiger partial charge in [-0.1, -0.05) is 0 Å². The molecule has 1 amide bonds. The van der Waals surface area contributed by atoms with E-state index in [1.165, 1.54) is 11.3 Å². The Morgan fingerprint density at radius 1 is 1.59 bits per heavy atom. The monoisotopic (exact) mass is 271 g/mol. The van der Waals surface area contributed by atoms with E-state index >= 15 is 0 Å². The van der Waals surface area contributed by atoms with E-state index in [9.17, 15) is 4.79 Å². The average molecular weight is 271 g/mol. The summed E-state index contributed by atoms with van der Waals surface area (Å²) in [5.74, 6) is -0.0329. The van der Waals surface area contributed by atoms with Crippen molar-refractivity contribution < 1.29 is 4.79 Å². The van der Waals surface area contributed by atoms with Crippen LogP contribution < -0.4 is 16.4 Å². The Morgan fingerprint density at radius 3 is 2.82 bits per heavy atom. The highest BCUT2D eigenvalue weighted by atomic mass is 32.2. The molecule has 17 heavy (non-hydrogen) atoms. The van der Waals surface area contributed by atoms with Gasteiger partial charge in [-0.15, -0.1) is 23.1 Å². The normalized spacial score (nSPS) is 14.7. The van der Waals surface area contributed by atoms with E-state index in [1.54, 1.807) is 11.8 Å². The second-order valence-electron chi connectivity index (χ2n) is 3.99. The highest BCUT2D eigenvalue weighted by Gasteiger charge is 2.27. The van der Waals surface area contributed by atoms with Gasteiger partial charge in [0.2, 0.25) is 0 Å². The Morgan fingerprint density at radius 2 is 2.29 bits per heavy atom. The number of hydrogen-bond acceptors (Lipinski definition) is 5. The summed E-state index contributed by atoms with van der Waals surface area (Å²) in [6, 6.07) is 0.365. The number of rotatable bonds is 5. The van der Waals surface area contributed by atoms with E-state index in [-0.39, 0.29) is 5.91 Å². The lowest BCUT2D eigenvalue weighted by molar-refractivity contribution is 0.0956. The Kier molecular flexibility index (Phi) is 3.83. The second kappa shape index (κ2) is 5.18. The SMILES string of the molecule is CCNc1sc(C(=O)NC2CC2)c(N)c1SC. The van der Waals surface area contributed by atoms with Crippen molar-refractivity contribution >= 4 is 39.7 Å². The summed E-state index contributed by atoms with van der Waals surface area (Å²) in [5.41, 5.74) is 6.64. The van der Waals surface area contributed by atoms with E-state index in [0.29, 0.717) is 16.6 Å². The molecule has 0 unspecified atom stereocenters. The predicted molar refractivity (Wildman–Crippen MR) is 75.2 cm³/mol. The molecule has 1 saturated carbocycles. The third kappa shape index (κ3) is 2.69. The van der Waals surface area contributed by atoms with Crippen molar-refractivity contribution in [3.05, 3.63) is 4.88 Å². The molecule has 94 valence electrons. The molecular formula is C11H17N3OS2. The Hall–Kier alpha value is -0.880. The molecule has 0 aromatic carbocycles. The van der Waals surface area contributed by atoms with E-state index < -0.39 is 0 Å². The minimum Gasteiger partial charge on any atom is -0.396 e. The minimum absolute atomic E-state index is 0.0329. The Balaban J connectivity index is 2.23. The number of carbonyl (C=O) groups is 1. The molecule has 1 fully saturated rings. The van der Waals surface area contributed by atoms with Crippen LogP contribution in [-0.4, -0.2) is 24.7 Å². The number of nitrogen functional groups attached to an aromatic ring is 1. The number of hydrogen-bond donors (Lipinski definition) is 3. The maximum absolute atomic E-state index is 12.0. The molecule has 2 rings (SSSR count). The van der Waals surface area contributed by atoms with Crippen molar-refractivity contribution in [2.24, 2.45) is 0 Å². The first-order valence-electron chi connectivity index (χ1n) is 5.68. The van der Waals surface area contributed by atoms with Gasteiger partial charge in [-0.3, -0.25) is 4.79 Å². The van der Waals surface area contributed by atoms with Crippen LogP contribution in [0.15, 0.2) is 4.90 Å². The first kappa shape index (κ1) is 12.6. The molecule has 0 spiro atoms. The van der Waals surface area contributed by atoms with Crippen LogP contribution in [0.25, 0.3) is 0 Å². The molecular weight excluding hydrogens is 254 g/mol. The van der Waals surface area contributed by atoms with Gasteiger partial charge in [0.15, 0.2) is 0 Å². The van der Waals surface area contributed by atoms with Crippen molar-refractivity contribution in [2.75, 3.05) is 23.9 Å². The van der Waals surface area contributed by atoms with Crippen LogP contribution in [-0.2, 0) is 0 Å². The van der Waals surface area contributed by atoms with Crippen LogP contribution in [0.1, 0.15) is 29.4 Å². The van der Waals surface area contributed by atoms with Crippen molar-refractivity contribution in [1.29, 1.82) is 0 Å². The largest absolute Gasteiger partial charge is 0.396 e. The van der Waals surface area contributed by atoms with E-state index in [1.807, 2.05) is 13.2 Å². The van der Waals surface area contributed by atoms with Crippen molar-refractivity contribution in [3.63, 3.8) is 0 Å². The third-order valence-corrected chi connectivity index (χ3v) is 4.68. The van der Waals surface area contributed by atoms with Crippen LogP contribution in [0.2, 0.25) is 0 Å². The van der Waals surface area contributed by atoms with Gasteiger partial charge in [-0.05, 0) is 26.0 Å². The van der Waals surface area contributed by atoms with Gasteiger partial charge in [0.1, 0.15) is 9.88 Å². The van der Waals surface area contributed by atoms with Gasteiger partial charge in [0.25, 0.3) is 5.91 Å². The zero-order valence-electron chi connectivity index (χ0n) is 10.0. The number of thiophene rings is 1. The molecule has 0 atom stereocenters. The molecule has 4 N–H and O–H groups in total. The topological polar surface area (TPSA) is 67.2 Å². The quantitative estimate of drug-likeness (QED) is 0.719. The molecule has 1 aromatic heterocycles. The molecule has 1 aliphatic rings. The molecule has 1 aliphatic carbocycles. The van der Waals surface area contributed by atoms with Gasteiger partial charge < -0.3 is 16.4 Å². The van der Waals surface area contributed by atoms with Crippen molar-refractivity contribution in [2.45, 2.75) is 30.7 Å². The van der Waals surface area contributed by atoms with Crippen LogP contribution in [0.5, 0.6) is 0 Å². The summed E-state index contributed by atoms with van der Waals surface area (Å²) >= 11 is 3.02. The minimum atomic E-state index is -0.0329. The lowest BCUT2D eigenvalue weighted by Gasteiger charge is -2.02. The Bertz CT molecular complexity index is 427. The molecule has 6 heteroatoms. The van der Waals surface area contributed by atoms with Crippen molar-refractivity contribution in [1.82, 2.24) is 5.32 Å². The smallest absolute Gasteiger partial charge is 0.263 e. The van der Waals surface area contributed by atoms with E-state index in [0.717, 1.165) is 29.3 Å². The second-order valence-corrected chi connectivity index (χ2v) is 5.82. The van der Waals surface area contributed by atoms with Gasteiger partial charge in [0, 0.05) is 12.6 Å². The highest BCUT2D eigenvalue weighted by Crippen LogP contribution is 2.41. The fourth-order valence-corrected chi connectivity index (χ4v) is 3.56. The van der Waals surface area contributed by atoms with Crippen LogP contribution in [0.3, 0.4) is 0 Å². The number of carbonyl (C=O) groups excluding carboxylic acids is 1. The summed E-state index contributed by atoms with van der Waals surface area (Å²) in [7, 11) is 0. The highest BCUT2D eigenvalue weighted by molar-refractivity contribution is 7.99. The molecule has 0 aliphatic heterocycles. The van der Waals surface area contributed by atoms with E-state index in [2.05, 4.69) is 10.6 Å². The van der Waals surface area contributed by atoms with Gasteiger partial charge >= 0.3 is 0 Å². The summed E-state index contributed by atoms with van der Waals surface area (Å²) in [4.78, 5) is 13.6. The number of nitrogens with two attached hydrogens (primary N) is 1. The summed E-state index contributed by atoms with van der Waals surface area (Å²) in [5, 5.41) is 7.22. The van der Waals surface area contributed by atoms with Gasteiger partial charge in [0.05, 0.1) is 10.6 Å². The fraction of sp³-hybridized carbons (Fsp3) is 0.545. The third-order valence-electron chi connectivity index (χ3n) is 2.56. The molecule has 1 aromatic rings. The molecule has 0 saturated heterocycles. The lowest BCUT2D eigenvalue weighted by Crippen LogP contribution is -2.25. The maximum atomic E-state index is 12.0. The number of amides is 1. The summed E-state index contributed by atoms with van der Waals surface area (Å²) in [6.07, 6.45) is 4.15. The number of thioether (sulfide) groups is 1. The first-order chi connectivity index (χ1) is 8.17. The standard InChI is InChI=1S/C11H17N3OS2/c1-3-13-11-9(16-2)7(12)8(17-11)10(15)14-6-4-5-6/h6,13H,3-5,12H2,1-2H3,(H,14,15). The average Bonchev–Trinajstić information content (AvgIpc) is 3.04. The summed E-state index contributed by atoms with van der Waals surface area (Å²) < 4.78 is 0. The maximum Gasteiger partial charge on any atom is 0.263 e. The lowest BCUT2D eigenvalue weighted by atomic mass is 10.3. The molecule has 4 nitrogen and oxygen atoms in total. The van der Waals surface area contributed by atoms with E-state index in [4.69, 9.17) is 5.73 Å². The van der Waals surface area contributed by atoms with Gasteiger partial charge in [-0.25, -0.2) is 0 Å². The Labute approximate surface area is 109 Å². The zero-order chi connectivity index (χ0) is 12.4. The molecule has 0 bridgehead atoms. The number of nitrogens with one attached hydrogen (secondary N) is 2. The predicted octanol–water partition coefficient (Wildman–Crippen LogP) is 2.38.